The average Bonchev–Trinajstić information content (AvgIpc) is 2.04. The van der Waals surface area contributed by atoms with E-state index in [-0.39, 0.29) is 10.5 Å². The van der Waals surface area contributed by atoms with Crippen molar-refractivity contribution in [1.29, 1.82) is 0 Å². The minimum atomic E-state index is -2.38. The van der Waals surface area contributed by atoms with E-state index in [0.717, 1.165) is 6.07 Å². The standard InChI is InChI=1S/C8H8O4S/c1-5-2-3-6(8(9)10)4-7(5)13(11)12/h2-4H,1H3,(H,9,10)(H,11,12)/p-1. The summed E-state index contributed by atoms with van der Waals surface area (Å²) in [5.41, 5.74) is 0.517. The van der Waals surface area contributed by atoms with Crippen LogP contribution < -0.4 is 0 Å². The maximum Gasteiger partial charge on any atom is 0.335 e. The second-order valence-electron chi connectivity index (χ2n) is 2.52. The summed E-state index contributed by atoms with van der Waals surface area (Å²) in [6.07, 6.45) is 0. The summed E-state index contributed by atoms with van der Waals surface area (Å²) < 4.78 is 21.2. The molecule has 1 aromatic rings. The number of carboxylic acids is 1. The van der Waals surface area contributed by atoms with Gasteiger partial charge in [-0.25, -0.2) is 4.79 Å². The molecule has 1 unspecified atom stereocenters. The Balaban J connectivity index is 3.27. The van der Waals surface area contributed by atoms with Crippen LogP contribution in [0.1, 0.15) is 15.9 Å². The molecule has 13 heavy (non-hydrogen) atoms. The molecule has 0 heterocycles. The minimum Gasteiger partial charge on any atom is -0.768 e. The van der Waals surface area contributed by atoms with E-state index in [1.807, 2.05) is 0 Å². The summed E-state index contributed by atoms with van der Waals surface area (Å²) in [6.45, 7) is 1.61. The lowest BCUT2D eigenvalue weighted by Gasteiger charge is -2.08. The zero-order chi connectivity index (χ0) is 10.0. The van der Waals surface area contributed by atoms with Gasteiger partial charge in [-0.15, -0.1) is 0 Å². The van der Waals surface area contributed by atoms with Gasteiger partial charge in [0.05, 0.1) is 5.56 Å². The lowest BCUT2D eigenvalue weighted by molar-refractivity contribution is 0.0696. The van der Waals surface area contributed by atoms with Crippen LogP contribution in [0.15, 0.2) is 23.1 Å². The largest absolute Gasteiger partial charge is 0.768 e. The van der Waals surface area contributed by atoms with E-state index < -0.39 is 17.0 Å². The highest BCUT2D eigenvalue weighted by atomic mass is 32.2. The molecule has 1 aromatic carbocycles. The maximum absolute atomic E-state index is 10.6. The van der Waals surface area contributed by atoms with E-state index >= 15 is 0 Å². The van der Waals surface area contributed by atoms with E-state index in [9.17, 15) is 13.6 Å². The van der Waals surface area contributed by atoms with Crippen molar-refractivity contribution in [3.63, 3.8) is 0 Å². The first kappa shape index (κ1) is 9.88. The molecule has 1 rings (SSSR count). The Morgan fingerprint density at radius 3 is 2.62 bits per heavy atom. The summed E-state index contributed by atoms with van der Waals surface area (Å²) in [7, 11) is 0. The molecule has 0 saturated carbocycles. The molecule has 0 aromatic heterocycles. The lowest BCUT2D eigenvalue weighted by atomic mass is 10.1. The SMILES string of the molecule is Cc1ccc(C(=O)O)cc1S(=O)[O-]. The Kier molecular flexibility index (Phi) is 2.79. The molecule has 0 aliphatic carbocycles. The van der Waals surface area contributed by atoms with Crippen molar-refractivity contribution in [3.05, 3.63) is 29.3 Å². The van der Waals surface area contributed by atoms with Crippen molar-refractivity contribution < 1.29 is 18.7 Å². The van der Waals surface area contributed by atoms with E-state index in [1.165, 1.54) is 12.1 Å². The summed E-state index contributed by atoms with van der Waals surface area (Å²) >= 11 is -2.38. The van der Waals surface area contributed by atoms with Gasteiger partial charge in [0.2, 0.25) is 0 Å². The molecule has 0 aliphatic rings. The van der Waals surface area contributed by atoms with Crippen molar-refractivity contribution in [3.8, 4) is 0 Å². The van der Waals surface area contributed by atoms with Crippen LogP contribution in [0.3, 0.4) is 0 Å². The van der Waals surface area contributed by atoms with Gasteiger partial charge in [-0.2, -0.15) is 0 Å². The predicted molar refractivity (Wildman–Crippen MR) is 45.3 cm³/mol. The molecule has 4 nitrogen and oxygen atoms in total. The molecule has 0 amide bonds. The third-order valence-electron chi connectivity index (χ3n) is 1.61. The highest BCUT2D eigenvalue weighted by molar-refractivity contribution is 7.79. The van der Waals surface area contributed by atoms with Gasteiger partial charge in [0, 0.05) is 4.90 Å². The normalized spacial score (nSPS) is 12.5. The van der Waals surface area contributed by atoms with E-state index in [1.54, 1.807) is 6.92 Å². The van der Waals surface area contributed by atoms with E-state index in [0.29, 0.717) is 5.56 Å². The van der Waals surface area contributed by atoms with Crippen molar-refractivity contribution in [2.75, 3.05) is 0 Å². The molecule has 0 aliphatic heterocycles. The van der Waals surface area contributed by atoms with Gasteiger partial charge in [-0.3, -0.25) is 4.21 Å². The highest BCUT2D eigenvalue weighted by Crippen LogP contribution is 2.14. The zero-order valence-corrected chi connectivity index (χ0v) is 7.63. The Labute approximate surface area is 77.5 Å². The molecule has 0 spiro atoms. The zero-order valence-electron chi connectivity index (χ0n) is 6.81. The van der Waals surface area contributed by atoms with Crippen LogP contribution >= 0.6 is 0 Å². The van der Waals surface area contributed by atoms with Crippen LogP contribution in [0.25, 0.3) is 0 Å². The van der Waals surface area contributed by atoms with Gasteiger partial charge < -0.3 is 9.66 Å². The second-order valence-corrected chi connectivity index (χ2v) is 3.43. The Hall–Kier alpha value is -1.20. The molecular formula is C8H7O4S-. The first-order valence-electron chi connectivity index (χ1n) is 3.45. The highest BCUT2D eigenvalue weighted by Gasteiger charge is 2.05. The quantitative estimate of drug-likeness (QED) is 0.719. The van der Waals surface area contributed by atoms with Gasteiger partial charge in [0.1, 0.15) is 0 Å². The molecule has 0 saturated heterocycles. The summed E-state index contributed by atoms with van der Waals surface area (Å²) in [4.78, 5) is 10.5. The molecule has 0 fully saturated rings. The van der Waals surface area contributed by atoms with Crippen LogP contribution in [0.5, 0.6) is 0 Å². The number of hydrogen-bond donors (Lipinski definition) is 1. The van der Waals surface area contributed by atoms with Crippen LogP contribution in [0, 0.1) is 6.92 Å². The molecular weight excluding hydrogens is 192 g/mol. The van der Waals surface area contributed by atoms with Gasteiger partial charge in [0.15, 0.2) is 0 Å². The Morgan fingerprint density at radius 2 is 2.15 bits per heavy atom. The van der Waals surface area contributed by atoms with Crippen molar-refractivity contribution in [2.24, 2.45) is 0 Å². The fourth-order valence-electron chi connectivity index (χ4n) is 0.913. The minimum absolute atomic E-state index is 0.0233. The van der Waals surface area contributed by atoms with Crippen molar-refractivity contribution in [1.82, 2.24) is 0 Å². The summed E-state index contributed by atoms with van der Waals surface area (Å²) in [5, 5.41) is 8.58. The number of rotatable bonds is 2. The van der Waals surface area contributed by atoms with Crippen molar-refractivity contribution >= 4 is 17.0 Å². The van der Waals surface area contributed by atoms with Gasteiger partial charge in [-0.05, 0) is 35.7 Å². The first-order valence-corrected chi connectivity index (χ1v) is 4.53. The predicted octanol–water partition coefficient (Wildman–Crippen LogP) is 0.931. The van der Waals surface area contributed by atoms with Crippen molar-refractivity contribution in [2.45, 2.75) is 11.8 Å². The van der Waals surface area contributed by atoms with E-state index in [2.05, 4.69) is 0 Å². The fourth-order valence-corrected chi connectivity index (χ4v) is 1.47. The van der Waals surface area contributed by atoms with E-state index in [4.69, 9.17) is 5.11 Å². The second kappa shape index (κ2) is 3.68. The van der Waals surface area contributed by atoms with Gasteiger partial charge >= 0.3 is 5.97 Å². The number of carboxylic acid groups (broad SMARTS) is 1. The van der Waals surface area contributed by atoms with Crippen LogP contribution in [0.4, 0.5) is 0 Å². The van der Waals surface area contributed by atoms with Crippen LogP contribution in [-0.4, -0.2) is 19.8 Å². The van der Waals surface area contributed by atoms with Crippen LogP contribution in [0.2, 0.25) is 0 Å². The summed E-state index contributed by atoms with van der Waals surface area (Å²) in [5.74, 6) is -1.13. The number of benzene rings is 1. The molecule has 1 atom stereocenters. The third-order valence-corrected chi connectivity index (χ3v) is 2.41. The Bertz CT molecular complexity index is 372. The average molecular weight is 199 g/mol. The molecule has 0 radical (unpaired) electrons. The maximum atomic E-state index is 10.6. The molecule has 70 valence electrons. The fraction of sp³-hybridized carbons (Fsp3) is 0.125. The molecule has 0 bridgehead atoms. The lowest BCUT2D eigenvalue weighted by Crippen LogP contribution is -2.00. The topological polar surface area (TPSA) is 77.4 Å². The molecule has 1 N–H and O–H groups in total. The number of aryl methyl sites for hydroxylation is 1. The van der Waals surface area contributed by atoms with Crippen LogP contribution in [-0.2, 0) is 11.1 Å². The number of aromatic carboxylic acids is 1. The molecule has 5 heteroatoms. The number of hydrogen-bond acceptors (Lipinski definition) is 3. The Morgan fingerprint density at radius 1 is 1.54 bits per heavy atom. The number of carbonyl (C=O) groups is 1. The smallest absolute Gasteiger partial charge is 0.335 e. The van der Waals surface area contributed by atoms with Gasteiger partial charge in [-0.1, -0.05) is 6.07 Å². The first-order chi connectivity index (χ1) is 6.02. The third kappa shape index (κ3) is 2.13. The monoisotopic (exact) mass is 199 g/mol. The summed E-state index contributed by atoms with van der Waals surface area (Å²) in [6, 6.07) is 3.98. The van der Waals surface area contributed by atoms with Gasteiger partial charge in [0.25, 0.3) is 0 Å².